The third kappa shape index (κ3) is 2.26. The van der Waals surface area contributed by atoms with Gasteiger partial charge in [0.15, 0.2) is 0 Å². The molecule has 0 atom stereocenters. The highest BCUT2D eigenvalue weighted by molar-refractivity contribution is 5.73. The van der Waals surface area contributed by atoms with Crippen LogP contribution in [0.5, 0.6) is 5.75 Å². The normalized spacial score (nSPS) is 10.2. The largest absolute Gasteiger partial charge is 0.508 e. The van der Waals surface area contributed by atoms with Gasteiger partial charge in [0, 0.05) is 0 Å². The van der Waals surface area contributed by atoms with E-state index < -0.39 is 0 Å². The Balaban J connectivity index is 2.81. The molecule has 0 spiro atoms. The van der Waals surface area contributed by atoms with Crippen LogP contribution >= 0.6 is 0 Å². The minimum absolute atomic E-state index is 0.230. The minimum atomic E-state index is 0.230. The number of rotatable bonds is 2. The smallest absolute Gasteiger partial charge is 0.142 e. The molecule has 0 bridgehead atoms. The second-order valence-corrected chi connectivity index (χ2v) is 2.09. The molecule has 0 saturated heterocycles. The van der Waals surface area contributed by atoms with Gasteiger partial charge in [-0.25, -0.2) is 0 Å². The summed E-state index contributed by atoms with van der Waals surface area (Å²) in [5.41, 5.74) is 0.898. The van der Waals surface area contributed by atoms with Gasteiger partial charge in [-0.2, -0.15) is 0 Å². The lowest BCUT2D eigenvalue weighted by Crippen LogP contribution is -1.70. The number of hydrogen-bond acceptors (Lipinski definition) is 2. The molecule has 0 aliphatic rings. The molecule has 0 aromatic heterocycles. The molecule has 0 radical (unpaired) electrons. The molecule has 56 valence electrons. The molecule has 1 aromatic carbocycles. The Morgan fingerprint density at radius 2 is 1.82 bits per heavy atom. The summed E-state index contributed by atoms with van der Waals surface area (Å²) in [6.07, 6.45) is 3.80. The standard InChI is InChI=1S/C9H8O2/c10-7-1-2-8-3-5-9(11)6-4-8/h1-7,11H. The SMILES string of the molecule is O=CC=Cc1ccc(O)cc1. The number of aromatic hydroxyl groups is 1. The molecule has 0 heterocycles. The molecule has 2 heteroatoms. The van der Waals surface area contributed by atoms with Gasteiger partial charge in [0.1, 0.15) is 12.0 Å². The molecular weight excluding hydrogens is 140 g/mol. The van der Waals surface area contributed by atoms with E-state index in [1.807, 2.05) is 0 Å². The van der Waals surface area contributed by atoms with Crippen LogP contribution in [0.3, 0.4) is 0 Å². The van der Waals surface area contributed by atoms with Crippen LogP contribution in [0.4, 0.5) is 0 Å². The van der Waals surface area contributed by atoms with Crippen molar-refractivity contribution in [2.45, 2.75) is 0 Å². The lowest BCUT2D eigenvalue weighted by atomic mass is 10.2. The zero-order valence-electron chi connectivity index (χ0n) is 5.90. The van der Waals surface area contributed by atoms with Gasteiger partial charge in [0.25, 0.3) is 0 Å². The molecule has 1 rings (SSSR count). The van der Waals surface area contributed by atoms with Crippen molar-refractivity contribution < 1.29 is 9.90 Å². The van der Waals surface area contributed by atoms with Crippen molar-refractivity contribution in [2.75, 3.05) is 0 Å². The van der Waals surface area contributed by atoms with E-state index in [-0.39, 0.29) is 5.75 Å². The van der Waals surface area contributed by atoms with Crippen LogP contribution in [-0.2, 0) is 4.79 Å². The predicted molar refractivity (Wildman–Crippen MR) is 43.2 cm³/mol. The lowest BCUT2D eigenvalue weighted by molar-refractivity contribution is -0.104. The van der Waals surface area contributed by atoms with E-state index in [9.17, 15) is 4.79 Å². The molecule has 0 fully saturated rings. The van der Waals surface area contributed by atoms with Crippen LogP contribution in [0, 0.1) is 0 Å². The number of phenols is 1. The number of phenolic OH excluding ortho intramolecular Hbond substituents is 1. The number of carbonyl (C=O) groups is 1. The fourth-order valence-electron chi connectivity index (χ4n) is 0.736. The van der Waals surface area contributed by atoms with E-state index in [4.69, 9.17) is 5.11 Å². The van der Waals surface area contributed by atoms with Gasteiger partial charge in [-0.05, 0) is 23.8 Å². The summed E-state index contributed by atoms with van der Waals surface area (Å²) in [5, 5.41) is 8.89. The van der Waals surface area contributed by atoms with Crippen molar-refractivity contribution in [3.63, 3.8) is 0 Å². The van der Waals surface area contributed by atoms with E-state index in [1.54, 1.807) is 30.3 Å². The van der Waals surface area contributed by atoms with Crippen LogP contribution in [0.15, 0.2) is 30.3 Å². The summed E-state index contributed by atoms with van der Waals surface area (Å²) >= 11 is 0. The van der Waals surface area contributed by atoms with E-state index in [0.29, 0.717) is 6.29 Å². The van der Waals surface area contributed by atoms with Crippen LogP contribution < -0.4 is 0 Å². The first kappa shape index (κ1) is 7.54. The highest BCUT2D eigenvalue weighted by atomic mass is 16.3. The Labute approximate surface area is 64.8 Å². The Morgan fingerprint density at radius 1 is 1.18 bits per heavy atom. The topological polar surface area (TPSA) is 37.3 Å². The fraction of sp³-hybridized carbons (Fsp3) is 0. The third-order valence-electron chi connectivity index (χ3n) is 1.26. The first-order valence-corrected chi connectivity index (χ1v) is 3.24. The van der Waals surface area contributed by atoms with Gasteiger partial charge in [-0.15, -0.1) is 0 Å². The number of allylic oxidation sites excluding steroid dienone is 1. The van der Waals surface area contributed by atoms with E-state index in [0.717, 1.165) is 5.56 Å². The van der Waals surface area contributed by atoms with Crippen LogP contribution in [0.1, 0.15) is 5.56 Å². The van der Waals surface area contributed by atoms with Gasteiger partial charge in [0.05, 0.1) is 0 Å². The van der Waals surface area contributed by atoms with Crippen molar-refractivity contribution >= 4 is 12.4 Å². The van der Waals surface area contributed by atoms with E-state index in [1.165, 1.54) is 6.08 Å². The van der Waals surface area contributed by atoms with Crippen molar-refractivity contribution in [1.82, 2.24) is 0 Å². The highest BCUT2D eigenvalue weighted by Gasteiger charge is 1.85. The first-order chi connectivity index (χ1) is 5.33. The van der Waals surface area contributed by atoms with E-state index in [2.05, 4.69) is 0 Å². The molecule has 2 nitrogen and oxygen atoms in total. The van der Waals surface area contributed by atoms with Crippen molar-refractivity contribution in [2.24, 2.45) is 0 Å². The Bertz CT molecular complexity index is 259. The molecular formula is C9H8O2. The highest BCUT2D eigenvalue weighted by Crippen LogP contribution is 2.10. The third-order valence-corrected chi connectivity index (χ3v) is 1.26. The summed E-state index contributed by atoms with van der Waals surface area (Å²) in [5.74, 6) is 0.230. The summed E-state index contributed by atoms with van der Waals surface area (Å²) in [7, 11) is 0. The fourth-order valence-corrected chi connectivity index (χ4v) is 0.736. The summed E-state index contributed by atoms with van der Waals surface area (Å²) < 4.78 is 0. The maximum absolute atomic E-state index is 9.91. The summed E-state index contributed by atoms with van der Waals surface area (Å²) in [4.78, 5) is 9.91. The maximum atomic E-state index is 9.91. The molecule has 0 saturated carbocycles. The van der Waals surface area contributed by atoms with Crippen molar-refractivity contribution in [1.29, 1.82) is 0 Å². The summed E-state index contributed by atoms with van der Waals surface area (Å²) in [6, 6.07) is 6.61. The monoisotopic (exact) mass is 148 g/mol. The molecule has 0 unspecified atom stereocenters. The van der Waals surface area contributed by atoms with Gasteiger partial charge < -0.3 is 5.11 Å². The van der Waals surface area contributed by atoms with Crippen molar-refractivity contribution in [3.8, 4) is 5.75 Å². The first-order valence-electron chi connectivity index (χ1n) is 3.24. The molecule has 11 heavy (non-hydrogen) atoms. The minimum Gasteiger partial charge on any atom is -0.508 e. The molecule has 0 aliphatic heterocycles. The average Bonchev–Trinajstić information content (AvgIpc) is 2.04. The van der Waals surface area contributed by atoms with E-state index >= 15 is 0 Å². The predicted octanol–water partition coefficient (Wildman–Crippen LogP) is 1.60. The number of carbonyl (C=O) groups excluding carboxylic acids is 1. The zero-order chi connectivity index (χ0) is 8.10. The van der Waals surface area contributed by atoms with Crippen LogP contribution in [-0.4, -0.2) is 11.4 Å². The number of benzene rings is 1. The Hall–Kier alpha value is -1.57. The Morgan fingerprint density at radius 3 is 2.36 bits per heavy atom. The molecule has 1 N–H and O–H groups in total. The number of aldehydes is 1. The van der Waals surface area contributed by atoms with Gasteiger partial charge in [-0.1, -0.05) is 18.2 Å². The summed E-state index contributed by atoms with van der Waals surface area (Å²) in [6.45, 7) is 0. The molecule has 0 amide bonds. The van der Waals surface area contributed by atoms with Crippen LogP contribution in [0.25, 0.3) is 6.08 Å². The van der Waals surface area contributed by atoms with Gasteiger partial charge >= 0.3 is 0 Å². The number of hydrogen-bond donors (Lipinski definition) is 1. The lowest BCUT2D eigenvalue weighted by Gasteiger charge is -1.91. The second kappa shape index (κ2) is 3.56. The average molecular weight is 148 g/mol. The second-order valence-electron chi connectivity index (χ2n) is 2.09. The quantitative estimate of drug-likeness (QED) is 0.511. The maximum Gasteiger partial charge on any atom is 0.142 e. The van der Waals surface area contributed by atoms with Crippen LogP contribution in [0.2, 0.25) is 0 Å². The zero-order valence-corrected chi connectivity index (χ0v) is 5.90. The van der Waals surface area contributed by atoms with Gasteiger partial charge in [0.2, 0.25) is 0 Å². The molecule has 0 aliphatic carbocycles. The Kier molecular flexibility index (Phi) is 2.44. The van der Waals surface area contributed by atoms with Gasteiger partial charge in [-0.3, -0.25) is 4.79 Å². The van der Waals surface area contributed by atoms with Crippen molar-refractivity contribution in [3.05, 3.63) is 35.9 Å². The molecule has 1 aromatic rings.